The molecule has 0 spiro atoms. The number of nitro groups is 1. The van der Waals surface area contributed by atoms with Gasteiger partial charge in [-0.3, -0.25) is 24.6 Å². The van der Waals surface area contributed by atoms with Crippen molar-refractivity contribution in [1.82, 2.24) is 19.9 Å². The first-order valence-corrected chi connectivity index (χ1v) is 9.64. The molecular weight excluding hydrogens is 432 g/mol. The van der Waals surface area contributed by atoms with Crippen LogP contribution >= 0.6 is 0 Å². The van der Waals surface area contributed by atoms with Crippen LogP contribution in [0.25, 0.3) is 11.2 Å². The van der Waals surface area contributed by atoms with Crippen molar-refractivity contribution in [3.8, 4) is 0 Å². The van der Waals surface area contributed by atoms with Crippen LogP contribution in [0, 0.1) is 17.0 Å². The second-order valence-corrected chi connectivity index (χ2v) is 7.21. The molecule has 1 unspecified atom stereocenters. The summed E-state index contributed by atoms with van der Waals surface area (Å²) in [4.78, 5) is 53.7. The van der Waals surface area contributed by atoms with Crippen LogP contribution in [0.1, 0.15) is 27.9 Å². The number of amides is 1. The molecule has 1 aliphatic rings. The molecule has 1 aromatic carbocycles. The third-order valence-electron chi connectivity index (χ3n) is 5.22. The number of anilines is 1. The van der Waals surface area contributed by atoms with Crippen LogP contribution < -0.4 is 4.90 Å². The molecule has 4 heterocycles. The number of ketones is 1. The standard InChI is InChI=1S/C21H14N6O6/c1-10-6-7-14(33-10)17(28)15-16(11-4-2-3-5-13(11)27(31)32)26(20(30)18(15)29)21-22-8-12-19(25-21)24-9-23-12/h2-9,16,29H,1H3,(H,22,23,24,25). The summed E-state index contributed by atoms with van der Waals surface area (Å²) in [6.07, 6.45) is 2.76. The minimum absolute atomic E-state index is 0.00254. The van der Waals surface area contributed by atoms with E-state index >= 15 is 0 Å². The Hall–Kier alpha value is -4.87. The number of aromatic amines is 1. The van der Waals surface area contributed by atoms with E-state index in [0.717, 1.165) is 4.90 Å². The maximum atomic E-state index is 13.3. The lowest BCUT2D eigenvalue weighted by Crippen LogP contribution is -2.33. The molecule has 0 saturated carbocycles. The Bertz CT molecular complexity index is 1490. The molecule has 12 nitrogen and oxygen atoms in total. The summed E-state index contributed by atoms with van der Waals surface area (Å²) in [5.41, 5.74) is -0.00869. The molecule has 4 aromatic rings. The smallest absolute Gasteiger partial charge is 0.296 e. The maximum absolute atomic E-state index is 13.3. The van der Waals surface area contributed by atoms with E-state index < -0.39 is 28.4 Å². The van der Waals surface area contributed by atoms with Gasteiger partial charge in [-0.2, -0.15) is 4.98 Å². The van der Waals surface area contributed by atoms with Crippen LogP contribution in [-0.4, -0.2) is 41.7 Å². The number of hydrogen-bond donors (Lipinski definition) is 2. The lowest BCUT2D eigenvalue weighted by Gasteiger charge is -2.24. The number of carbonyl (C=O) groups excluding carboxylic acids is 2. The number of hydrogen-bond acceptors (Lipinski definition) is 9. The van der Waals surface area contributed by atoms with Crippen LogP contribution in [0.5, 0.6) is 0 Å². The van der Waals surface area contributed by atoms with Gasteiger partial charge in [0, 0.05) is 6.07 Å². The SMILES string of the molecule is Cc1ccc(C(=O)C2=C(O)C(=O)N(c3ncc4[nH]cnc4n3)C2c2ccccc2[N+](=O)[O-])o1. The summed E-state index contributed by atoms with van der Waals surface area (Å²) in [5, 5.41) is 22.5. The number of aliphatic hydroxyl groups is 1. The van der Waals surface area contributed by atoms with E-state index in [1.165, 1.54) is 42.9 Å². The Kier molecular flexibility index (Phi) is 4.48. The summed E-state index contributed by atoms with van der Waals surface area (Å²) < 4.78 is 5.39. The van der Waals surface area contributed by atoms with Gasteiger partial charge in [-0.05, 0) is 25.1 Å². The topological polar surface area (TPSA) is 168 Å². The molecular formula is C21H14N6O6. The molecule has 0 fully saturated rings. The number of Topliss-reactive ketones (excluding diaryl/α,β-unsaturated/α-hetero) is 1. The second-order valence-electron chi connectivity index (χ2n) is 7.21. The Morgan fingerprint density at radius 3 is 2.76 bits per heavy atom. The molecule has 1 amide bonds. The summed E-state index contributed by atoms with van der Waals surface area (Å²) in [5.74, 6) is -2.53. The quantitative estimate of drug-likeness (QED) is 0.266. The molecule has 2 N–H and O–H groups in total. The molecule has 5 rings (SSSR count). The Morgan fingerprint density at radius 1 is 1.24 bits per heavy atom. The molecule has 3 aromatic heterocycles. The number of fused-ring (bicyclic) bond motifs is 1. The highest BCUT2D eigenvalue weighted by Crippen LogP contribution is 2.43. The van der Waals surface area contributed by atoms with E-state index in [1.54, 1.807) is 13.0 Å². The average molecular weight is 446 g/mol. The van der Waals surface area contributed by atoms with Crippen LogP contribution in [0.15, 0.2) is 64.7 Å². The van der Waals surface area contributed by atoms with Crippen molar-refractivity contribution in [2.24, 2.45) is 0 Å². The van der Waals surface area contributed by atoms with E-state index in [2.05, 4.69) is 19.9 Å². The largest absolute Gasteiger partial charge is 0.503 e. The number of nitro benzene ring substituents is 1. The van der Waals surface area contributed by atoms with Gasteiger partial charge in [0.1, 0.15) is 17.3 Å². The Labute approximate surface area is 184 Å². The lowest BCUT2D eigenvalue weighted by atomic mass is 9.94. The predicted octanol–water partition coefficient (Wildman–Crippen LogP) is 2.95. The monoisotopic (exact) mass is 446 g/mol. The van der Waals surface area contributed by atoms with Crippen molar-refractivity contribution in [3.05, 3.63) is 87.5 Å². The Morgan fingerprint density at radius 2 is 2.03 bits per heavy atom. The number of aromatic nitrogens is 4. The second kappa shape index (κ2) is 7.37. The minimum atomic E-state index is -1.38. The average Bonchev–Trinajstić information content (AvgIpc) is 3.51. The first-order valence-electron chi connectivity index (χ1n) is 9.64. The summed E-state index contributed by atoms with van der Waals surface area (Å²) in [6, 6.07) is 7.18. The minimum Gasteiger partial charge on any atom is -0.503 e. The number of aryl methyl sites for hydroxylation is 1. The van der Waals surface area contributed by atoms with Crippen molar-refractivity contribution >= 4 is 34.5 Å². The number of carbonyl (C=O) groups is 2. The van der Waals surface area contributed by atoms with Gasteiger partial charge in [0.15, 0.2) is 17.2 Å². The molecule has 0 aliphatic carbocycles. The fraction of sp³-hybridized carbons (Fsp3) is 0.0952. The number of rotatable bonds is 5. The van der Waals surface area contributed by atoms with Crippen molar-refractivity contribution in [1.29, 1.82) is 0 Å². The molecule has 1 aliphatic heterocycles. The molecule has 0 bridgehead atoms. The van der Waals surface area contributed by atoms with E-state index in [9.17, 15) is 24.8 Å². The highest BCUT2D eigenvalue weighted by Gasteiger charge is 2.48. The van der Waals surface area contributed by atoms with Crippen molar-refractivity contribution < 1.29 is 24.0 Å². The van der Waals surface area contributed by atoms with E-state index in [4.69, 9.17) is 4.42 Å². The highest BCUT2D eigenvalue weighted by atomic mass is 16.6. The summed E-state index contributed by atoms with van der Waals surface area (Å²) >= 11 is 0. The number of H-pyrrole nitrogens is 1. The number of nitrogens with one attached hydrogen (secondary N) is 1. The van der Waals surface area contributed by atoms with E-state index in [0.29, 0.717) is 11.3 Å². The van der Waals surface area contributed by atoms with Crippen molar-refractivity contribution in [3.63, 3.8) is 0 Å². The molecule has 1 atom stereocenters. The van der Waals surface area contributed by atoms with Gasteiger partial charge in [-0.25, -0.2) is 9.97 Å². The molecule has 164 valence electrons. The third-order valence-corrected chi connectivity index (χ3v) is 5.22. The highest BCUT2D eigenvalue weighted by molar-refractivity contribution is 6.20. The number of furan rings is 1. The van der Waals surface area contributed by atoms with Gasteiger partial charge in [0.05, 0.1) is 28.6 Å². The third kappa shape index (κ3) is 3.12. The zero-order valence-electron chi connectivity index (χ0n) is 16.9. The zero-order chi connectivity index (χ0) is 23.3. The molecule has 0 radical (unpaired) electrons. The van der Waals surface area contributed by atoms with Crippen molar-refractivity contribution in [2.75, 3.05) is 4.90 Å². The van der Waals surface area contributed by atoms with Gasteiger partial charge >= 0.3 is 0 Å². The fourth-order valence-corrected chi connectivity index (χ4v) is 3.76. The molecule has 12 heteroatoms. The first-order chi connectivity index (χ1) is 15.9. The van der Waals surface area contributed by atoms with Gasteiger partial charge in [0.25, 0.3) is 11.6 Å². The van der Waals surface area contributed by atoms with E-state index in [-0.39, 0.29) is 34.2 Å². The normalized spacial score (nSPS) is 16.1. The van der Waals surface area contributed by atoms with Gasteiger partial charge in [-0.1, -0.05) is 12.1 Å². The predicted molar refractivity (Wildman–Crippen MR) is 112 cm³/mol. The van der Waals surface area contributed by atoms with Crippen LogP contribution in [0.4, 0.5) is 11.6 Å². The number of para-hydroxylation sites is 1. The number of nitrogens with zero attached hydrogens (tertiary/aromatic N) is 5. The maximum Gasteiger partial charge on any atom is 0.296 e. The van der Waals surface area contributed by atoms with Crippen LogP contribution in [0.3, 0.4) is 0 Å². The molecule has 33 heavy (non-hydrogen) atoms. The van der Waals surface area contributed by atoms with Gasteiger partial charge in [-0.15, -0.1) is 0 Å². The Balaban J connectivity index is 1.73. The van der Waals surface area contributed by atoms with Crippen LogP contribution in [-0.2, 0) is 4.79 Å². The van der Waals surface area contributed by atoms with Gasteiger partial charge < -0.3 is 14.5 Å². The van der Waals surface area contributed by atoms with Crippen molar-refractivity contribution in [2.45, 2.75) is 13.0 Å². The lowest BCUT2D eigenvalue weighted by molar-refractivity contribution is -0.385. The van der Waals surface area contributed by atoms with Crippen LogP contribution in [0.2, 0.25) is 0 Å². The summed E-state index contributed by atoms with van der Waals surface area (Å²) in [6.45, 7) is 1.63. The zero-order valence-corrected chi connectivity index (χ0v) is 16.9. The van der Waals surface area contributed by atoms with E-state index in [1.807, 2.05) is 0 Å². The number of aliphatic hydroxyl groups excluding tert-OH is 1. The number of benzene rings is 1. The first kappa shape index (κ1) is 20.1. The molecule has 0 saturated heterocycles. The number of imidazole rings is 1. The summed E-state index contributed by atoms with van der Waals surface area (Å²) in [7, 11) is 0. The fourth-order valence-electron chi connectivity index (χ4n) is 3.76. The van der Waals surface area contributed by atoms with Gasteiger partial charge in [0.2, 0.25) is 11.7 Å².